The fraction of sp³-hybridized carbons (Fsp3) is 0.0323. The fourth-order valence-corrected chi connectivity index (χ4v) is 4.06. The molecule has 2 nitrogen and oxygen atoms in total. The fourth-order valence-electron chi connectivity index (χ4n) is 4.06. The first-order valence-corrected chi connectivity index (χ1v) is 11.1. The predicted molar refractivity (Wildman–Crippen MR) is 138 cm³/mol. The Morgan fingerprint density at radius 3 is 1.45 bits per heavy atom. The van der Waals surface area contributed by atoms with Crippen LogP contribution < -0.4 is 4.90 Å². The van der Waals surface area contributed by atoms with Crippen LogP contribution in [0, 0.1) is 6.92 Å². The highest BCUT2D eigenvalue weighted by Crippen LogP contribution is 2.37. The average Bonchev–Trinajstić information content (AvgIpc) is 2.87. The monoisotopic (exact) mass is 427 g/mol. The van der Waals surface area contributed by atoms with Gasteiger partial charge >= 0.3 is 0 Å². The Bertz CT molecular complexity index is 1340. The van der Waals surface area contributed by atoms with Gasteiger partial charge in [-0.1, -0.05) is 84.4 Å². The lowest BCUT2D eigenvalue weighted by molar-refractivity contribution is 0.475. The first-order chi connectivity index (χ1) is 16.2. The molecule has 0 saturated carbocycles. The average molecular weight is 428 g/mol. The molecule has 0 fully saturated rings. The van der Waals surface area contributed by atoms with Crippen molar-refractivity contribution < 1.29 is 5.11 Å². The molecule has 0 aliphatic heterocycles. The summed E-state index contributed by atoms with van der Waals surface area (Å²) in [5, 5.41) is 9.83. The summed E-state index contributed by atoms with van der Waals surface area (Å²) in [6.07, 6.45) is 0. The van der Waals surface area contributed by atoms with Gasteiger partial charge in [0.05, 0.1) is 0 Å². The highest BCUT2D eigenvalue weighted by molar-refractivity contribution is 5.79. The molecule has 0 aromatic heterocycles. The molecule has 160 valence electrons. The van der Waals surface area contributed by atoms with E-state index in [0.29, 0.717) is 0 Å². The summed E-state index contributed by atoms with van der Waals surface area (Å²) in [6.45, 7) is 2.10. The van der Waals surface area contributed by atoms with E-state index in [-0.39, 0.29) is 5.75 Å². The molecule has 0 spiro atoms. The molecule has 0 aliphatic rings. The molecule has 2 heteroatoms. The molecular formula is C31H25NO. The maximum absolute atomic E-state index is 9.83. The van der Waals surface area contributed by atoms with Crippen molar-refractivity contribution in [2.75, 3.05) is 4.90 Å². The van der Waals surface area contributed by atoms with Gasteiger partial charge in [-0.3, -0.25) is 0 Å². The van der Waals surface area contributed by atoms with Crippen LogP contribution in [0.5, 0.6) is 5.75 Å². The maximum atomic E-state index is 9.83. The van der Waals surface area contributed by atoms with E-state index in [9.17, 15) is 5.11 Å². The second-order valence-corrected chi connectivity index (χ2v) is 8.18. The molecule has 33 heavy (non-hydrogen) atoms. The smallest absolute Gasteiger partial charge is 0.116 e. The Hall–Kier alpha value is -4.30. The zero-order chi connectivity index (χ0) is 22.6. The maximum Gasteiger partial charge on any atom is 0.116 e. The molecule has 0 amide bonds. The third kappa shape index (κ3) is 4.51. The Morgan fingerprint density at radius 1 is 0.455 bits per heavy atom. The number of hydrogen-bond donors (Lipinski definition) is 1. The Labute approximate surface area is 195 Å². The molecule has 0 bridgehead atoms. The highest BCUT2D eigenvalue weighted by Gasteiger charge is 2.13. The second-order valence-electron chi connectivity index (χ2n) is 8.18. The van der Waals surface area contributed by atoms with E-state index in [0.717, 1.165) is 28.2 Å². The normalized spacial score (nSPS) is 10.7. The number of phenolic OH excluding ortho intramolecular Hbond substituents is 1. The van der Waals surface area contributed by atoms with Gasteiger partial charge < -0.3 is 10.0 Å². The van der Waals surface area contributed by atoms with Crippen LogP contribution in [-0.2, 0) is 0 Å². The van der Waals surface area contributed by atoms with Gasteiger partial charge in [-0.2, -0.15) is 0 Å². The quantitative estimate of drug-likeness (QED) is 0.304. The summed E-state index contributed by atoms with van der Waals surface area (Å²) < 4.78 is 0. The SMILES string of the molecule is Cc1ccc(N(c2ccc(-c3ccccc3)cc2)c2ccc(-c3cccc(O)c3)cc2)cc1. The molecule has 0 radical (unpaired) electrons. The number of aromatic hydroxyl groups is 1. The van der Waals surface area contributed by atoms with Crippen LogP contribution in [0.1, 0.15) is 5.56 Å². The third-order valence-electron chi connectivity index (χ3n) is 5.83. The number of hydrogen-bond acceptors (Lipinski definition) is 2. The Balaban J connectivity index is 1.53. The van der Waals surface area contributed by atoms with Crippen LogP contribution in [0.25, 0.3) is 22.3 Å². The first-order valence-electron chi connectivity index (χ1n) is 11.1. The van der Waals surface area contributed by atoms with E-state index < -0.39 is 0 Å². The minimum atomic E-state index is 0.274. The number of rotatable bonds is 5. The highest BCUT2D eigenvalue weighted by atomic mass is 16.3. The lowest BCUT2D eigenvalue weighted by atomic mass is 10.0. The molecule has 0 heterocycles. The topological polar surface area (TPSA) is 23.5 Å². The van der Waals surface area contributed by atoms with E-state index in [1.807, 2.05) is 18.2 Å². The van der Waals surface area contributed by atoms with E-state index >= 15 is 0 Å². The molecular weight excluding hydrogens is 402 g/mol. The Kier molecular flexibility index (Phi) is 5.65. The summed E-state index contributed by atoms with van der Waals surface area (Å²) >= 11 is 0. The van der Waals surface area contributed by atoms with Gasteiger partial charge in [0, 0.05) is 17.1 Å². The van der Waals surface area contributed by atoms with Gasteiger partial charge in [0.1, 0.15) is 5.75 Å². The molecule has 5 aromatic rings. The summed E-state index contributed by atoms with van der Waals surface area (Å²) in [7, 11) is 0. The van der Waals surface area contributed by atoms with Crippen molar-refractivity contribution in [2.45, 2.75) is 6.92 Å². The van der Waals surface area contributed by atoms with Gasteiger partial charge in [-0.05, 0) is 77.7 Å². The lowest BCUT2D eigenvalue weighted by Gasteiger charge is -2.26. The molecule has 0 atom stereocenters. The molecule has 5 aromatic carbocycles. The van der Waals surface area contributed by atoms with Crippen molar-refractivity contribution in [3.8, 4) is 28.0 Å². The third-order valence-corrected chi connectivity index (χ3v) is 5.83. The number of anilines is 3. The molecule has 5 rings (SSSR count). The van der Waals surface area contributed by atoms with E-state index in [4.69, 9.17) is 0 Å². The minimum Gasteiger partial charge on any atom is -0.508 e. The number of phenols is 1. The van der Waals surface area contributed by atoms with E-state index in [1.54, 1.807) is 12.1 Å². The van der Waals surface area contributed by atoms with Gasteiger partial charge in [0.15, 0.2) is 0 Å². The molecule has 0 saturated heterocycles. The van der Waals surface area contributed by atoms with Crippen molar-refractivity contribution in [3.05, 3.63) is 133 Å². The minimum absolute atomic E-state index is 0.274. The summed E-state index contributed by atoms with van der Waals surface area (Å²) in [6, 6.07) is 43.5. The summed E-state index contributed by atoms with van der Waals surface area (Å²) in [5.41, 5.74) is 8.99. The van der Waals surface area contributed by atoms with Crippen molar-refractivity contribution in [2.24, 2.45) is 0 Å². The lowest BCUT2D eigenvalue weighted by Crippen LogP contribution is -2.09. The summed E-state index contributed by atoms with van der Waals surface area (Å²) in [4.78, 5) is 2.26. The van der Waals surface area contributed by atoms with E-state index in [1.165, 1.54) is 16.7 Å². The predicted octanol–water partition coefficient (Wildman–Crippen LogP) is 8.50. The first kappa shape index (κ1) is 20.6. The second kappa shape index (κ2) is 9.05. The zero-order valence-electron chi connectivity index (χ0n) is 18.5. The van der Waals surface area contributed by atoms with Crippen LogP contribution in [-0.4, -0.2) is 5.11 Å². The number of aryl methyl sites for hydroxylation is 1. The van der Waals surface area contributed by atoms with Crippen LogP contribution in [0.3, 0.4) is 0 Å². The van der Waals surface area contributed by atoms with Gasteiger partial charge in [-0.15, -0.1) is 0 Å². The summed E-state index contributed by atoms with van der Waals surface area (Å²) in [5.74, 6) is 0.274. The van der Waals surface area contributed by atoms with Crippen LogP contribution in [0.2, 0.25) is 0 Å². The van der Waals surface area contributed by atoms with Crippen LogP contribution in [0.15, 0.2) is 127 Å². The van der Waals surface area contributed by atoms with Crippen molar-refractivity contribution in [1.82, 2.24) is 0 Å². The van der Waals surface area contributed by atoms with Crippen molar-refractivity contribution in [3.63, 3.8) is 0 Å². The van der Waals surface area contributed by atoms with Crippen LogP contribution in [0.4, 0.5) is 17.1 Å². The van der Waals surface area contributed by atoms with Crippen LogP contribution >= 0.6 is 0 Å². The van der Waals surface area contributed by atoms with Gasteiger partial charge in [-0.25, -0.2) is 0 Å². The Morgan fingerprint density at radius 2 is 0.909 bits per heavy atom. The molecule has 1 N–H and O–H groups in total. The van der Waals surface area contributed by atoms with Crippen molar-refractivity contribution >= 4 is 17.1 Å². The standard InChI is InChI=1S/C31H25NO/c1-23-10-16-28(17-11-23)32(29-18-12-25(13-19-29)24-6-3-2-4-7-24)30-20-14-26(15-21-30)27-8-5-9-31(33)22-27/h2-22,33H,1H3. The molecule has 0 aliphatic carbocycles. The van der Waals surface area contributed by atoms with E-state index in [2.05, 4.69) is 109 Å². The number of benzene rings is 5. The number of nitrogens with zero attached hydrogens (tertiary/aromatic N) is 1. The largest absolute Gasteiger partial charge is 0.508 e. The zero-order valence-corrected chi connectivity index (χ0v) is 18.5. The van der Waals surface area contributed by atoms with Crippen molar-refractivity contribution in [1.29, 1.82) is 0 Å². The molecule has 0 unspecified atom stereocenters. The van der Waals surface area contributed by atoms with Gasteiger partial charge in [0.25, 0.3) is 0 Å². The van der Waals surface area contributed by atoms with Gasteiger partial charge in [0.2, 0.25) is 0 Å².